The van der Waals surface area contributed by atoms with E-state index >= 15 is 0 Å². The van der Waals surface area contributed by atoms with Gasteiger partial charge in [-0.3, -0.25) is 9.69 Å². The number of aryl methyl sites for hydroxylation is 1. The summed E-state index contributed by atoms with van der Waals surface area (Å²) in [5.41, 5.74) is 6.16. The predicted molar refractivity (Wildman–Crippen MR) is 104 cm³/mol. The first-order valence-corrected chi connectivity index (χ1v) is 9.26. The van der Waals surface area contributed by atoms with Crippen LogP contribution in [-0.4, -0.2) is 84.3 Å². The number of aromatic carboxylic acids is 1. The molecule has 153 valence electrons. The van der Waals surface area contributed by atoms with E-state index in [-0.39, 0.29) is 42.2 Å². The van der Waals surface area contributed by atoms with Crippen LogP contribution in [0.3, 0.4) is 0 Å². The number of phenols is 1. The van der Waals surface area contributed by atoms with E-state index in [1.54, 1.807) is 12.1 Å². The molecule has 1 atom stereocenters. The number of carboxylic acid groups (broad SMARTS) is 1. The van der Waals surface area contributed by atoms with Crippen LogP contribution in [0.5, 0.6) is 11.5 Å². The van der Waals surface area contributed by atoms with Crippen molar-refractivity contribution < 1.29 is 29.6 Å². The zero-order valence-corrected chi connectivity index (χ0v) is 15.9. The van der Waals surface area contributed by atoms with Gasteiger partial charge in [-0.25, -0.2) is 4.79 Å². The minimum absolute atomic E-state index is 0.129. The van der Waals surface area contributed by atoms with Crippen molar-refractivity contribution >= 4 is 19.2 Å². The quantitative estimate of drug-likeness (QED) is 0.311. The Kier molecular flexibility index (Phi) is 8.10. The number of aromatic hydroxyl groups is 1. The van der Waals surface area contributed by atoms with Crippen molar-refractivity contribution in [2.45, 2.75) is 31.7 Å². The van der Waals surface area contributed by atoms with Crippen LogP contribution in [0.25, 0.3) is 0 Å². The molecule has 1 heterocycles. The average Bonchev–Trinajstić information content (AvgIpc) is 2.63. The summed E-state index contributed by atoms with van der Waals surface area (Å²) in [5.74, 6) is -1.71. The van der Waals surface area contributed by atoms with Crippen molar-refractivity contribution in [3.63, 3.8) is 0 Å². The number of nitrogens with one attached hydrogen (secondary N) is 1. The number of likely N-dealkylation sites (tertiary alicyclic amines) is 1. The number of ether oxygens (including phenoxy) is 1. The molecule has 1 saturated heterocycles. The van der Waals surface area contributed by atoms with Crippen molar-refractivity contribution in [2.75, 3.05) is 32.8 Å². The number of aliphatic hydroxyl groups excluding tert-OH is 1. The van der Waals surface area contributed by atoms with E-state index < -0.39 is 12.0 Å². The van der Waals surface area contributed by atoms with Crippen LogP contribution in [0, 0.1) is 0 Å². The van der Waals surface area contributed by atoms with Crippen molar-refractivity contribution in [1.29, 1.82) is 0 Å². The molecule has 1 amide bonds. The highest BCUT2D eigenvalue weighted by atomic mass is 16.5. The Morgan fingerprint density at radius 1 is 1.43 bits per heavy atom. The summed E-state index contributed by atoms with van der Waals surface area (Å²) >= 11 is 0. The van der Waals surface area contributed by atoms with Gasteiger partial charge in [0.15, 0.2) is 0 Å². The lowest BCUT2D eigenvalue weighted by atomic mass is 9.75. The van der Waals surface area contributed by atoms with Gasteiger partial charge in [0.1, 0.15) is 30.4 Å². The SMILES string of the molecule is C[B]CCc1ccc(OC2CN(CC(N)C(=O)NCCO)C2)c(C(=O)O)c1O. The van der Waals surface area contributed by atoms with E-state index in [1.807, 2.05) is 19.0 Å². The Morgan fingerprint density at radius 2 is 2.14 bits per heavy atom. The lowest BCUT2D eigenvalue weighted by Crippen LogP contribution is -2.59. The molecule has 1 radical (unpaired) electrons. The number of hydrogen-bond acceptors (Lipinski definition) is 7. The van der Waals surface area contributed by atoms with Gasteiger partial charge in [-0.15, -0.1) is 0 Å². The first-order valence-electron chi connectivity index (χ1n) is 9.26. The molecule has 1 aromatic rings. The zero-order valence-electron chi connectivity index (χ0n) is 15.9. The lowest BCUT2D eigenvalue weighted by molar-refractivity contribution is -0.123. The number of carbonyl (C=O) groups is 2. The summed E-state index contributed by atoms with van der Waals surface area (Å²) < 4.78 is 5.76. The minimum atomic E-state index is -1.24. The molecule has 2 rings (SSSR count). The van der Waals surface area contributed by atoms with E-state index in [0.29, 0.717) is 31.6 Å². The van der Waals surface area contributed by atoms with Gasteiger partial charge in [-0.05, 0) is 18.1 Å². The molecule has 0 spiro atoms. The molecule has 0 aromatic heterocycles. The molecule has 1 aromatic carbocycles. The molecule has 1 aliphatic heterocycles. The number of nitrogens with two attached hydrogens (primary N) is 1. The second-order valence-electron chi connectivity index (χ2n) is 6.78. The minimum Gasteiger partial charge on any atom is -0.507 e. The van der Waals surface area contributed by atoms with Gasteiger partial charge in [0.05, 0.1) is 12.6 Å². The van der Waals surface area contributed by atoms with Gasteiger partial charge in [-0.2, -0.15) is 0 Å². The van der Waals surface area contributed by atoms with Crippen molar-refractivity contribution in [2.24, 2.45) is 5.73 Å². The fraction of sp³-hybridized carbons (Fsp3) is 0.556. The van der Waals surface area contributed by atoms with Gasteiger partial charge in [0, 0.05) is 26.2 Å². The number of benzene rings is 1. The highest BCUT2D eigenvalue weighted by Crippen LogP contribution is 2.33. The molecule has 0 bridgehead atoms. The van der Waals surface area contributed by atoms with Crippen LogP contribution < -0.4 is 15.8 Å². The van der Waals surface area contributed by atoms with Crippen molar-refractivity contribution in [1.82, 2.24) is 10.2 Å². The summed E-state index contributed by atoms with van der Waals surface area (Å²) in [6.45, 7) is 3.23. The van der Waals surface area contributed by atoms with Crippen LogP contribution in [0.15, 0.2) is 12.1 Å². The van der Waals surface area contributed by atoms with Crippen LogP contribution in [0.2, 0.25) is 13.1 Å². The van der Waals surface area contributed by atoms with E-state index in [0.717, 1.165) is 6.32 Å². The fourth-order valence-electron chi connectivity index (χ4n) is 3.02. The standard InChI is InChI=1S/C18H27BN3O6/c1-19-5-4-11-2-3-14(15(16(11)24)18(26)27)28-12-8-22(9-12)10-13(20)17(25)21-6-7-23/h2-3,12-13,23-24H,4-10,20H2,1H3,(H,21,25)(H,26,27). The second-order valence-corrected chi connectivity index (χ2v) is 6.78. The number of rotatable bonds is 11. The number of hydrogen-bond donors (Lipinski definition) is 5. The maximum absolute atomic E-state index is 11.7. The molecular weight excluding hydrogens is 365 g/mol. The molecule has 1 fully saturated rings. The number of amides is 1. The Hall–Kier alpha value is -2.30. The lowest BCUT2D eigenvalue weighted by Gasteiger charge is -2.40. The van der Waals surface area contributed by atoms with Gasteiger partial charge < -0.3 is 31.1 Å². The maximum Gasteiger partial charge on any atom is 0.343 e. The molecule has 28 heavy (non-hydrogen) atoms. The predicted octanol–water partition coefficient (Wildman–Crippen LogP) is -0.698. The van der Waals surface area contributed by atoms with Crippen LogP contribution >= 0.6 is 0 Å². The number of carbonyl (C=O) groups excluding carboxylic acids is 1. The zero-order chi connectivity index (χ0) is 20.7. The van der Waals surface area contributed by atoms with Crippen molar-refractivity contribution in [3.8, 4) is 11.5 Å². The van der Waals surface area contributed by atoms with E-state index in [2.05, 4.69) is 5.32 Å². The van der Waals surface area contributed by atoms with Crippen LogP contribution in [0.1, 0.15) is 15.9 Å². The monoisotopic (exact) mass is 392 g/mol. The molecule has 1 aliphatic rings. The average molecular weight is 392 g/mol. The van der Waals surface area contributed by atoms with Crippen LogP contribution in [-0.2, 0) is 11.2 Å². The molecule has 1 unspecified atom stereocenters. The second kappa shape index (κ2) is 10.3. The summed E-state index contributed by atoms with van der Waals surface area (Å²) in [6.07, 6.45) is 1.03. The molecule has 10 heteroatoms. The third kappa shape index (κ3) is 5.60. The third-order valence-corrected chi connectivity index (χ3v) is 4.56. The molecular formula is C18H27BN3O6. The first kappa shape index (κ1) is 22.0. The first-order chi connectivity index (χ1) is 13.4. The maximum atomic E-state index is 11.7. The molecule has 0 saturated carbocycles. The van der Waals surface area contributed by atoms with Gasteiger partial charge in [-0.1, -0.05) is 19.2 Å². The normalized spacial score (nSPS) is 15.5. The molecule has 9 nitrogen and oxygen atoms in total. The van der Waals surface area contributed by atoms with E-state index in [9.17, 15) is 19.8 Å². The van der Waals surface area contributed by atoms with Gasteiger partial charge >= 0.3 is 5.97 Å². The summed E-state index contributed by atoms with van der Waals surface area (Å²) in [6, 6.07) is 2.53. The van der Waals surface area contributed by atoms with Gasteiger partial charge in [0.2, 0.25) is 5.91 Å². The Morgan fingerprint density at radius 3 is 2.75 bits per heavy atom. The number of carboxylic acids is 1. The third-order valence-electron chi connectivity index (χ3n) is 4.56. The molecule has 6 N–H and O–H groups in total. The highest BCUT2D eigenvalue weighted by molar-refractivity contribution is 6.33. The number of aliphatic hydroxyl groups is 1. The topological polar surface area (TPSA) is 145 Å². The Balaban J connectivity index is 1.92. The Bertz CT molecular complexity index is 696. The summed E-state index contributed by atoms with van der Waals surface area (Å²) in [5, 5.41) is 31.0. The highest BCUT2D eigenvalue weighted by Gasteiger charge is 2.32. The number of nitrogens with zero attached hydrogens (tertiary/aromatic N) is 1. The van der Waals surface area contributed by atoms with Crippen LogP contribution in [0.4, 0.5) is 0 Å². The molecule has 0 aliphatic carbocycles. The summed E-state index contributed by atoms with van der Waals surface area (Å²) in [4.78, 5) is 25.2. The fourth-order valence-corrected chi connectivity index (χ4v) is 3.02. The van der Waals surface area contributed by atoms with Crippen molar-refractivity contribution in [3.05, 3.63) is 23.3 Å². The smallest absolute Gasteiger partial charge is 0.343 e. The van der Waals surface area contributed by atoms with E-state index in [4.69, 9.17) is 15.6 Å². The summed E-state index contributed by atoms with van der Waals surface area (Å²) in [7, 11) is 1.95. The Labute approximate surface area is 164 Å². The largest absolute Gasteiger partial charge is 0.507 e. The van der Waals surface area contributed by atoms with E-state index in [1.165, 1.54) is 0 Å². The van der Waals surface area contributed by atoms with Gasteiger partial charge in [0.25, 0.3) is 0 Å².